The van der Waals surface area contributed by atoms with Crippen molar-refractivity contribution >= 4 is 11.5 Å². The van der Waals surface area contributed by atoms with E-state index in [-0.39, 0.29) is 11.3 Å². The first-order chi connectivity index (χ1) is 8.96. The number of fused-ring (bicyclic) bond motifs is 3. The molecule has 0 fully saturated rings. The minimum Gasteiger partial charge on any atom is -0.380 e. The monoisotopic (exact) mass is 251 g/mol. The molecule has 1 aliphatic rings. The van der Waals surface area contributed by atoms with Gasteiger partial charge in [0.05, 0.1) is 0 Å². The lowest BCUT2D eigenvalue weighted by Gasteiger charge is -2.22. The summed E-state index contributed by atoms with van der Waals surface area (Å²) in [6.45, 7) is 6.32. The number of hydrogen-bond acceptors (Lipinski definition) is 2. The van der Waals surface area contributed by atoms with Crippen LogP contribution >= 0.6 is 0 Å². The zero-order valence-corrected chi connectivity index (χ0v) is 11.4. The van der Waals surface area contributed by atoms with Gasteiger partial charge in [0.25, 0.3) is 0 Å². The number of carbonyl (C=O) groups is 1. The molecular formula is C17H17NO. The van der Waals surface area contributed by atoms with Crippen molar-refractivity contribution in [2.45, 2.75) is 26.3 Å². The first-order valence-corrected chi connectivity index (χ1v) is 6.52. The maximum Gasteiger partial charge on any atom is 0.194 e. The topological polar surface area (TPSA) is 29.1 Å². The Hall–Kier alpha value is -2.09. The molecule has 0 aliphatic heterocycles. The Bertz CT molecular complexity index is 665. The molecule has 0 atom stereocenters. The van der Waals surface area contributed by atoms with Crippen molar-refractivity contribution in [1.29, 1.82) is 0 Å². The molecule has 0 saturated carbocycles. The van der Waals surface area contributed by atoms with E-state index in [0.29, 0.717) is 0 Å². The van der Waals surface area contributed by atoms with Gasteiger partial charge in [0, 0.05) is 22.4 Å². The number of anilines is 1. The highest BCUT2D eigenvalue weighted by atomic mass is 16.1. The van der Waals surface area contributed by atoms with Crippen LogP contribution in [0, 0.1) is 0 Å². The maximum absolute atomic E-state index is 12.4. The molecule has 2 aromatic rings. The standard InChI is InChI=1S/C17H17NO/c1-17(2,3)18-11-8-9-13-12-6-4-5-7-14(12)16(19)15(13)10-11/h4-10,18H,1-3H3. The quantitative estimate of drug-likeness (QED) is 0.705. The number of rotatable bonds is 1. The largest absolute Gasteiger partial charge is 0.380 e. The number of carbonyl (C=O) groups excluding carboxylic acids is 1. The highest BCUT2D eigenvalue weighted by Crippen LogP contribution is 2.37. The lowest BCUT2D eigenvalue weighted by molar-refractivity contribution is 0.104. The minimum atomic E-state index is -0.0112. The van der Waals surface area contributed by atoms with Crippen molar-refractivity contribution in [2.75, 3.05) is 5.32 Å². The summed E-state index contributed by atoms with van der Waals surface area (Å²) in [6.07, 6.45) is 0. The van der Waals surface area contributed by atoms with Crippen LogP contribution < -0.4 is 5.32 Å². The lowest BCUT2D eigenvalue weighted by atomic mass is 10.0. The molecule has 0 aromatic heterocycles. The van der Waals surface area contributed by atoms with Gasteiger partial charge in [-0.2, -0.15) is 0 Å². The predicted octanol–water partition coefficient (Wildman–Crippen LogP) is 4.11. The third-order valence-corrected chi connectivity index (χ3v) is 3.25. The van der Waals surface area contributed by atoms with E-state index in [9.17, 15) is 4.79 Å². The van der Waals surface area contributed by atoms with Crippen molar-refractivity contribution in [3.05, 3.63) is 53.6 Å². The maximum atomic E-state index is 12.4. The Labute approximate surface area is 113 Å². The molecule has 0 radical (unpaired) electrons. The third-order valence-electron chi connectivity index (χ3n) is 3.25. The highest BCUT2D eigenvalue weighted by molar-refractivity contribution is 6.22. The summed E-state index contributed by atoms with van der Waals surface area (Å²) in [6, 6.07) is 13.8. The van der Waals surface area contributed by atoms with Crippen LogP contribution in [0.25, 0.3) is 11.1 Å². The fourth-order valence-corrected chi connectivity index (χ4v) is 2.54. The molecule has 0 unspecified atom stereocenters. The summed E-state index contributed by atoms with van der Waals surface area (Å²) in [5.74, 6) is 0.128. The van der Waals surface area contributed by atoms with Crippen LogP contribution in [0.3, 0.4) is 0 Å². The van der Waals surface area contributed by atoms with E-state index in [1.54, 1.807) is 0 Å². The Balaban J connectivity index is 2.08. The van der Waals surface area contributed by atoms with Gasteiger partial charge in [0.2, 0.25) is 0 Å². The number of nitrogens with one attached hydrogen (secondary N) is 1. The zero-order chi connectivity index (χ0) is 13.6. The molecule has 1 aliphatic carbocycles. The number of benzene rings is 2. The van der Waals surface area contributed by atoms with Crippen LogP contribution in [-0.4, -0.2) is 11.3 Å². The molecule has 2 aromatic carbocycles. The molecule has 0 bridgehead atoms. The van der Waals surface area contributed by atoms with Crippen LogP contribution in [0.5, 0.6) is 0 Å². The van der Waals surface area contributed by atoms with Crippen LogP contribution in [0.1, 0.15) is 36.7 Å². The normalized spacial score (nSPS) is 13.1. The van der Waals surface area contributed by atoms with Gasteiger partial charge in [-0.25, -0.2) is 0 Å². The molecule has 0 spiro atoms. The lowest BCUT2D eigenvalue weighted by Crippen LogP contribution is -2.26. The number of hydrogen-bond donors (Lipinski definition) is 1. The van der Waals surface area contributed by atoms with Crippen LogP contribution in [0.15, 0.2) is 42.5 Å². The molecule has 96 valence electrons. The van der Waals surface area contributed by atoms with Crippen molar-refractivity contribution in [1.82, 2.24) is 0 Å². The van der Waals surface area contributed by atoms with E-state index >= 15 is 0 Å². The molecule has 2 nitrogen and oxygen atoms in total. The summed E-state index contributed by atoms with van der Waals surface area (Å²) in [4.78, 5) is 12.4. The third kappa shape index (κ3) is 2.03. The average molecular weight is 251 g/mol. The van der Waals surface area contributed by atoms with Gasteiger partial charge in [-0.05, 0) is 44.0 Å². The highest BCUT2D eigenvalue weighted by Gasteiger charge is 2.26. The summed E-state index contributed by atoms with van der Waals surface area (Å²) in [7, 11) is 0. The van der Waals surface area contributed by atoms with Gasteiger partial charge in [-0.1, -0.05) is 30.3 Å². The first-order valence-electron chi connectivity index (χ1n) is 6.52. The molecular weight excluding hydrogens is 234 g/mol. The SMILES string of the molecule is CC(C)(C)Nc1ccc2c(c1)C(=O)c1ccccc1-2. The Morgan fingerprint density at radius 2 is 1.47 bits per heavy atom. The van der Waals surface area contributed by atoms with Gasteiger partial charge in [0.15, 0.2) is 5.78 Å². The fourth-order valence-electron chi connectivity index (χ4n) is 2.54. The molecule has 0 amide bonds. The minimum absolute atomic E-state index is 0.0112. The van der Waals surface area contributed by atoms with Gasteiger partial charge in [0.1, 0.15) is 0 Å². The van der Waals surface area contributed by atoms with Crippen LogP contribution in [0.2, 0.25) is 0 Å². The average Bonchev–Trinajstić information content (AvgIpc) is 2.62. The van der Waals surface area contributed by atoms with E-state index < -0.39 is 0 Å². The Morgan fingerprint density at radius 1 is 0.842 bits per heavy atom. The van der Waals surface area contributed by atoms with E-state index in [1.807, 2.05) is 42.5 Å². The molecule has 2 heteroatoms. The van der Waals surface area contributed by atoms with Crippen molar-refractivity contribution in [3.8, 4) is 11.1 Å². The molecule has 1 N–H and O–H groups in total. The summed E-state index contributed by atoms with van der Waals surface area (Å²) in [5, 5.41) is 3.41. The number of ketones is 1. The molecule has 0 saturated heterocycles. The van der Waals surface area contributed by atoms with Gasteiger partial charge in [-0.15, -0.1) is 0 Å². The first kappa shape index (κ1) is 12.0. The molecule has 3 rings (SSSR count). The second-order valence-electron chi connectivity index (χ2n) is 6.01. The predicted molar refractivity (Wildman–Crippen MR) is 78.7 cm³/mol. The van der Waals surface area contributed by atoms with Crippen LogP contribution in [0.4, 0.5) is 5.69 Å². The molecule has 19 heavy (non-hydrogen) atoms. The fraction of sp³-hybridized carbons (Fsp3) is 0.235. The summed E-state index contributed by atoms with van der Waals surface area (Å²) < 4.78 is 0. The summed E-state index contributed by atoms with van der Waals surface area (Å²) in [5.41, 5.74) is 4.68. The second kappa shape index (κ2) is 3.95. The van der Waals surface area contributed by atoms with Crippen molar-refractivity contribution in [2.24, 2.45) is 0 Å². The van der Waals surface area contributed by atoms with E-state index in [0.717, 1.165) is 27.9 Å². The van der Waals surface area contributed by atoms with Gasteiger partial charge >= 0.3 is 0 Å². The molecule has 0 heterocycles. The van der Waals surface area contributed by atoms with Crippen molar-refractivity contribution in [3.63, 3.8) is 0 Å². The summed E-state index contributed by atoms with van der Waals surface area (Å²) >= 11 is 0. The van der Waals surface area contributed by atoms with Gasteiger partial charge < -0.3 is 5.32 Å². The van der Waals surface area contributed by atoms with Gasteiger partial charge in [-0.3, -0.25) is 4.79 Å². The van der Waals surface area contributed by atoms with Crippen LogP contribution in [-0.2, 0) is 0 Å². The van der Waals surface area contributed by atoms with E-state index in [1.165, 1.54) is 0 Å². The van der Waals surface area contributed by atoms with E-state index in [4.69, 9.17) is 0 Å². The Kier molecular flexibility index (Phi) is 2.49. The second-order valence-corrected chi connectivity index (χ2v) is 6.01. The zero-order valence-electron chi connectivity index (χ0n) is 11.4. The Morgan fingerprint density at radius 3 is 2.16 bits per heavy atom. The smallest absolute Gasteiger partial charge is 0.194 e. The van der Waals surface area contributed by atoms with E-state index in [2.05, 4.69) is 26.1 Å². The van der Waals surface area contributed by atoms with Crippen molar-refractivity contribution < 1.29 is 4.79 Å².